The summed E-state index contributed by atoms with van der Waals surface area (Å²) in [5.74, 6) is 0. The molecule has 0 aromatic heterocycles. The molecule has 1 aromatic carbocycles. The number of methoxy groups -OCH3 is 1. The van der Waals surface area contributed by atoms with Crippen molar-refractivity contribution in [2.24, 2.45) is 0 Å². The number of benzene rings is 1. The van der Waals surface area contributed by atoms with Gasteiger partial charge >= 0.3 is 0 Å². The van der Waals surface area contributed by atoms with Crippen LogP contribution in [0.5, 0.6) is 0 Å². The van der Waals surface area contributed by atoms with Gasteiger partial charge in [-0.3, -0.25) is 0 Å². The predicted octanol–water partition coefficient (Wildman–Crippen LogP) is 1.58. The van der Waals surface area contributed by atoms with Gasteiger partial charge in [-0.1, -0.05) is 23.7 Å². The van der Waals surface area contributed by atoms with E-state index in [2.05, 4.69) is 4.72 Å². The normalized spacial score (nSPS) is 13.7. The van der Waals surface area contributed by atoms with Crippen molar-refractivity contribution in [3.05, 3.63) is 34.9 Å². The van der Waals surface area contributed by atoms with Crippen LogP contribution in [0.4, 0.5) is 0 Å². The molecule has 0 radical (unpaired) electrons. The highest BCUT2D eigenvalue weighted by atomic mass is 35.5. The van der Waals surface area contributed by atoms with Crippen LogP contribution in [0.2, 0.25) is 5.02 Å². The van der Waals surface area contributed by atoms with Gasteiger partial charge in [-0.15, -0.1) is 0 Å². The molecular weight excluding hydrogens is 250 g/mol. The molecule has 6 heteroatoms. The lowest BCUT2D eigenvalue weighted by atomic mass is 10.1. The third-order valence-corrected chi connectivity index (χ3v) is 2.96. The number of hydrogen-bond acceptors (Lipinski definition) is 3. The average Bonchev–Trinajstić information content (AvgIpc) is 2.17. The van der Waals surface area contributed by atoms with Crippen molar-refractivity contribution >= 4 is 21.6 Å². The first-order valence-corrected chi connectivity index (χ1v) is 6.92. The van der Waals surface area contributed by atoms with Gasteiger partial charge in [-0.2, -0.15) is 0 Å². The molecule has 0 aliphatic carbocycles. The Labute approximate surface area is 101 Å². The van der Waals surface area contributed by atoms with Crippen LogP contribution in [0.3, 0.4) is 0 Å². The van der Waals surface area contributed by atoms with E-state index in [9.17, 15) is 8.42 Å². The van der Waals surface area contributed by atoms with Gasteiger partial charge in [0.25, 0.3) is 0 Å². The molecule has 1 rings (SSSR count). The lowest BCUT2D eigenvalue weighted by molar-refractivity contribution is 0.107. The Bertz CT molecular complexity index is 447. The average molecular weight is 264 g/mol. The highest BCUT2D eigenvalue weighted by molar-refractivity contribution is 7.88. The Hall–Kier alpha value is -0.620. The summed E-state index contributed by atoms with van der Waals surface area (Å²) in [6.07, 6.45) is 0.769. The number of sulfonamides is 1. The van der Waals surface area contributed by atoms with Crippen molar-refractivity contribution in [1.82, 2.24) is 4.72 Å². The maximum atomic E-state index is 11.0. The maximum absolute atomic E-state index is 11.0. The van der Waals surface area contributed by atoms with Gasteiger partial charge in [0.2, 0.25) is 10.0 Å². The monoisotopic (exact) mass is 263 g/mol. The third-order valence-electron chi connectivity index (χ3n) is 2.04. The predicted molar refractivity (Wildman–Crippen MR) is 64.0 cm³/mol. The second kappa shape index (κ2) is 5.63. The lowest BCUT2D eigenvalue weighted by Gasteiger charge is -2.15. The second-order valence-corrected chi connectivity index (χ2v) is 5.67. The van der Waals surface area contributed by atoms with E-state index in [-0.39, 0.29) is 12.6 Å². The van der Waals surface area contributed by atoms with Gasteiger partial charge in [0.05, 0.1) is 12.4 Å². The zero-order chi connectivity index (χ0) is 12.2. The summed E-state index contributed by atoms with van der Waals surface area (Å²) in [4.78, 5) is 0. The van der Waals surface area contributed by atoms with E-state index in [0.29, 0.717) is 5.02 Å². The Balaban J connectivity index is 2.75. The van der Waals surface area contributed by atoms with Crippen molar-refractivity contribution in [3.8, 4) is 0 Å². The van der Waals surface area contributed by atoms with Gasteiger partial charge < -0.3 is 4.74 Å². The van der Waals surface area contributed by atoms with Gasteiger partial charge in [-0.05, 0) is 17.7 Å². The SMILES string of the molecule is COC(CNS(C)(=O)=O)c1cccc(Cl)c1. The maximum Gasteiger partial charge on any atom is 0.208 e. The molecule has 0 fully saturated rings. The van der Waals surface area contributed by atoms with Crippen molar-refractivity contribution in [1.29, 1.82) is 0 Å². The molecule has 4 nitrogen and oxygen atoms in total. The van der Waals surface area contributed by atoms with Crippen LogP contribution in [0.1, 0.15) is 11.7 Å². The molecule has 0 aliphatic rings. The Morgan fingerprint density at radius 2 is 2.19 bits per heavy atom. The van der Waals surface area contributed by atoms with Gasteiger partial charge in [0.15, 0.2) is 0 Å². The topological polar surface area (TPSA) is 55.4 Å². The molecule has 0 aliphatic heterocycles. The van der Waals surface area contributed by atoms with Crippen LogP contribution in [0.25, 0.3) is 0 Å². The summed E-state index contributed by atoms with van der Waals surface area (Å²) in [5, 5.41) is 0.596. The third kappa shape index (κ3) is 4.49. The molecular formula is C10H14ClNO3S. The summed E-state index contributed by atoms with van der Waals surface area (Å²) in [7, 11) is -1.69. The summed E-state index contributed by atoms with van der Waals surface area (Å²) < 4.78 is 29.5. The first kappa shape index (κ1) is 13.4. The molecule has 0 bridgehead atoms. The minimum Gasteiger partial charge on any atom is -0.375 e. The van der Waals surface area contributed by atoms with Crippen molar-refractivity contribution in [2.45, 2.75) is 6.10 Å². The van der Waals surface area contributed by atoms with Crippen LogP contribution < -0.4 is 4.72 Å². The highest BCUT2D eigenvalue weighted by Gasteiger charge is 2.12. The molecule has 0 saturated heterocycles. The minimum absolute atomic E-state index is 0.190. The van der Waals surface area contributed by atoms with Crippen molar-refractivity contribution in [3.63, 3.8) is 0 Å². The summed E-state index contributed by atoms with van der Waals surface area (Å²) in [6.45, 7) is 0.190. The quantitative estimate of drug-likeness (QED) is 0.878. The van der Waals surface area contributed by atoms with E-state index >= 15 is 0 Å². The molecule has 0 spiro atoms. The van der Waals surface area contributed by atoms with Crippen molar-refractivity contribution < 1.29 is 13.2 Å². The number of nitrogens with one attached hydrogen (secondary N) is 1. The fourth-order valence-corrected chi connectivity index (χ4v) is 1.92. The molecule has 0 saturated carbocycles. The van der Waals surface area contributed by atoms with Gasteiger partial charge in [-0.25, -0.2) is 13.1 Å². The first-order valence-electron chi connectivity index (χ1n) is 4.65. The second-order valence-electron chi connectivity index (χ2n) is 3.40. The highest BCUT2D eigenvalue weighted by Crippen LogP contribution is 2.19. The fourth-order valence-electron chi connectivity index (χ4n) is 1.27. The van der Waals surface area contributed by atoms with E-state index in [1.54, 1.807) is 18.2 Å². The van der Waals surface area contributed by atoms with Crippen LogP contribution in [0.15, 0.2) is 24.3 Å². The van der Waals surface area contributed by atoms with Crippen LogP contribution >= 0.6 is 11.6 Å². The number of hydrogen-bond donors (Lipinski definition) is 1. The van der Waals surface area contributed by atoms with E-state index in [1.807, 2.05) is 6.07 Å². The number of rotatable bonds is 5. The summed E-state index contributed by atoms with van der Waals surface area (Å²) in [6, 6.07) is 7.13. The molecule has 16 heavy (non-hydrogen) atoms. The zero-order valence-corrected chi connectivity index (χ0v) is 10.7. The van der Waals surface area contributed by atoms with Gasteiger partial charge in [0, 0.05) is 18.7 Å². The Morgan fingerprint density at radius 1 is 1.50 bits per heavy atom. The zero-order valence-electron chi connectivity index (χ0n) is 9.10. The van der Waals surface area contributed by atoms with E-state index in [1.165, 1.54) is 7.11 Å². The summed E-state index contributed by atoms with van der Waals surface area (Å²) >= 11 is 5.84. The lowest BCUT2D eigenvalue weighted by Crippen LogP contribution is -2.28. The molecule has 1 unspecified atom stereocenters. The van der Waals surface area contributed by atoms with E-state index in [0.717, 1.165) is 11.8 Å². The molecule has 0 amide bonds. The van der Waals surface area contributed by atoms with E-state index < -0.39 is 10.0 Å². The molecule has 1 atom stereocenters. The van der Waals surface area contributed by atoms with Crippen LogP contribution in [-0.2, 0) is 14.8 Å². The Kier molecular flexibility index (Phi) is 4.73. The fraction of sp³-hybridized carbons (Fsp3) is 0.400. The standard InChI is InChI=1S/C10H14ClNO3S/c1-15-10(7-12-16(2,13)14)8-4-3-5-9(11)6-8/h3-6,10,12H,7H2,1-2H3. The smallest absolute Gasteiger partial charge is 0.208 e. The molecule has 1 aromatic rings. The number of halogens is 1. The molecule has 0 heterocycles. The summed E-state index contributed by atoms with van der Waals surface area (Å²) in [5.41, 5.74) is 0.839. The number of ether oxygens (including phenoxy) is 1. The van der Waals surface area contributed by atoms with Crippen LogP contribution in [-0.4, -0.2) is 28.3 Å². The van der Waals surface area contributed by atoms with Gasteiger partial charge in [0.1, 0.15) is 0 Å². The van der Waals surface area contributed by atoms with Crippen LogP contribution in [0, 0.1) is 0 Å². The largest absolute Gasteiger partial charge is 0.375 e. The molecule has 90 valence electrons. The van der Waals surface area contributed by atoms with E-state index in [4.69, 9.17) is 16.3 Å². The van der Waals surface area contributed by atoms with Crippen molar-refractivity contribution in [2.75, 3.05) is 19.9 Å². The first-order chi connectivity index (χ1) is 7.42. The Morgan fingerprint density at radius 3 is 2.69 bits per heavy atom. The minimum atomic E-state index is -3.21. The molecule has 1 N–H and O–H groups in total.